The van der Waals surface area contributed by atoms with E-state index >= 15 is 0 Å². The SMILES string of the molecule is CN=C(NCc1ccc(OC)c(OC)c1)NCc1coc(-c2ccccc2)n1. The topological polar surface area (TPSA) is 80.9 Å². The zero-order valence-corrected chi connectivity index (χ0v) is 16.2. The molecule has 0 saturated carbocycles. The van der Waals surface area contributed by atoms with E-state index in [-0.39, 0.29) is 0 Å². The van der Waals surface area contributed by atoms with Crippen molar-refractivity contribution in [3.63, 3.8) is 0 Å². The third kappa shape index (κ3) is 4.82. The summed E-state index contributed by atoms with van der Waals surface area (Å²) in [5, 5.41) is 6.50. The summed E-state index contributed by atoms with van der Waals surface area (Å²) in [6, 6.07) is 15.6. The molecule has 0 amide bonds. The lowest BCUT2D eigenvalue weighted by Gasteiger charge is -2.13. The highest BCUT2D eigenvalue weighted by molar-refractivity contribution is 5.79. The number of benzene rings is 2. The van der Waals surface area contributed by atoms with Gasteiger partial charge in [-0.15, -0.1) is 0 Å². The van der Waals surface area contributed by atoms with Crippen molar-refractivity contribution in [1.82, 2.24) is 15.6 Å². The molecule has 3 aromatic rings. The van der Waals surface area contributed by atoms with Gasteiger partial charge in [-0.05, 0) is 29.8 Å². The lowest BCUT2D eigenvalue weighted by molar-refractivity contribution is 0.354. The highest BCUT2D eigenvalue weighted by Crippen LogP contribution is 2.27. The first-order chi connectivity index (χ1) is 13.7. The fourth-order valence-corrected chi connectivity index (χ4v) is 2.67. The second-order valence-electron chi connectivity index (χ2n) is 5.98. The molecule has 0 aliphatic carbocycles. The summed E-state index contributed by atoms with van der Waals surface area (Å²) >= 11 is 0. The molecule has 2 aromatic carbocycles. The van der Waals surface area contributed by atoms with Crippen LogP contribution in [0.15, 0.2) is 64.2 Å². The molecule has 0 spiro atoms. The minimum absolute atomic E-state index is 0.502. The molecule has 0 radical (unpaired) electrons. The number of nitrogens with one attached hydrogen (secondary N) is 2. The first-order valence-electron chi connectivity index (χ1n) is 8.88. The predicted molar refractivity (Wildman–Crippen MR) is 109 cm³/mol. The standard InChI is InChI=1S/C21H24N4O3/c1-22-21(23-12-15-9-10-18(26-2)19(11-15)27-3)24-13-17-14-28-20(25-17)16-7-5-4-6-8-16/h4-11,14H,12-13H2,1-3H3,(H2,22,23,24). The van der Waals surface area contributed by atoms with E-state index in [1.54, 1.807) is 27.5 Å². The molecule has 1 aromatic heterocycles. The first kappa shape index (κ1) is 19.3. The lowest BCUT2D eigenvalue weighted by atomic mass is 10.2. The van der Waals surface area contributed by atoms with E-state index in [1.165, 1.54) is 0 Å². The molecule has 3 rings (SSSR count). The van der Waals surface area contributed by atoms with Crippen molar-refractivity contribution < 1.29 is 13.9 Å². The van der Waals surface area contributed by atoms with Gasteiger partial charge in [-0.3, -0.25) is 4.99 Å². The van der Waals surface area contributed by atoms with Crippen molar-refractivity contribution in [2.24, 2.45) is 4.99 Å². The molecule has 2 N–H and O–H groups in total. The maximum atomic E-state index is 5.56. The average molecular weight is 380 g/mol. The summed E-state index contributed by atoms with van der Waals surface area (Å²) in [6.45, 7) is 1.09. The van der Waals surface area contributed by atoms with Gasteiger partial charge in [-0.2, -0.15) is 0 Å². The van der Waals surface area contributed by atoms with Gasteiger partial charge in [0.2, 0.25) is 5.89 Å². The van der Waals surface area contributed by atoms with Crippen molar-refractivity contribution >= 4 is 5.96 Å². The van der Waals surface area contributed by atoms with Gasteiger partial charge in [0, 0.05) is 19.2 Å². The van der Waals surface area contributed by atoms with Crippen molar-refractivity contribution in [3.8, 4) is 23.0 Å². The van der Waals surface area contributed by atoms with Gasteiger partial charge in [-0.25, -0.2) is 4.98 Å². The van der Waals surface area contributed by atoms with Crippen LogP contribution in [0.3, 0.4) is 0 Å². The minimum Gasteiger partial charge on any atom is -0.493 e. The van der Waals surface area contributed by atoms with E-state index in [0.717, 1.165) is 16.8 Å². The van der Waals surface area contributed by atoms with Crippen LogP contribution in [0.2, 0.25) is 0 Å². The van der Waals surface area contributed by atoms with Crippen molar-refractivity contribution in [2.75, 3.05) is 21.3 Å². The summed E-state index contributed by atoms with van der Waals surface area (Å²) in [6.07, 6.45) is 1.65. The van der Waals surface area contributed by atoms with Gasteiger partial charge in [0.1, 0.15) is 6.26 Å². The van der Waals surface area contributed by atoms with Crippen molar-refractivity contribution in [1.29, 1.82) is 0 Å². The van der Waals surface area contributed by atoms with E-state index in [0.29, 0.717) is 36.4 Å². The van der Waals surface area contributed by atoms with Crippen LogP contribution in [0, 0.1) is 0 Å². The quantitative estimate of drug-likeness (QED) is 0.484. The van der Waals surface area contributed by atoms with Gasteiger partial charge in [0.15, 0.2) is 17.5 Å². The van der Waals surface area contributed by atoms with Crippen LogP contribution < -0.4 is 20.1 Å². The Hall–Kier alpha value is -3.48. The van der Waals surface area contributed by atoms with E-state index in [1.807, 2.05) is 48.5 Å². The zero-order chi connectivity index (χ0) is 19.8. The minimum atomic E-state index is 0.502. The van der Waals surface area contributed by atoms with E-state index in [9.17, 15) is 0 Å². The van der Waals surface area contributed by atoms with Gasteiger partial charge >= 0.3 is 0 Å². The van der Waals surface area contributed by atoms with Gasteiger partial charge in [-0.1, -0.05) is 24.3 Å². The molecule has 0 bridgehead atoms. The normalized spacial score (nSPS) is 11.2. The fraction of sp³-hybridized carbons (Fsp3) is 0.238. The molecule has 7 heteroatoms. The van der Waals surface area contributed by atoms with Gasteiger partial charge < -0.3 is 24.5 Å². The van der Waals surface area contributed by atoms with Crippen molar-refractivity contribution in [3.05, 3.63) is 66.1 Å². The number of aromatic nitrogens is 1. The monoisotopic (exact) mass is 380 g/mol. The van der Waals surface area contributed by atoms with Gasteiger partial charge in [0.25, 0.3) is 0 Å². The second-order valence-corrected chi connectivity index (χ2v) is 5.98. The number of nitrogens with zero attached hydrogens (tertiary/aromatic N) is 2. The summed E-state index contributed by atoms with van der Waals surface area (Å²) in [4.78, 5) is 8.74. The van der Waals surface area contributed by atoms with Crippen LogP contribution >= 0.6 is 0 Å². The lowest BCUT2D eigenvalue weighted by Crippen LogP contribution is -2.36. The summed E-state index contributed by atoms with van der Waals surface area (Å²) in [5.74, 6) is 2.67. The maximum Gasteiger partial charge on any atom is 0.226 e. The summed E-state index contributed by atoms with van der Waals surface area (Å²) in [7, 11) is 4.97. The van der Waals surface area contributed by atoms with E-state index < -0.39 is 0 Å². The molecular weight excluding hydrogens is 356 g/mol. The number of oxazole rings is 1. The summed E-state index contributed by atoms with van der Waals surface area (Å²) in [5.41, 5.74) is 2.80. The van der Waals surface area contributed by atoms with Crippen LogP contribution in [-0.2, 0) is 13.1 Å². The molecule has 0 aliphatic rings. The van der Waals surface area contributed by atoms with E-state index in [4.69, 9.17) is 13.9 Å². The average Bonchev–Trinajstić information content (AvgIpc) is 3.23. The first-order valence-corrected chi connectivity index (χ1v) is 8.88. The smallest absolute Gasteiger partial charge is 0.226 e. The molecule has 28 heavy (non-hydrogen) atoms. The Balaban J connectivity index is 1.55. The molecule has 0 aliphatic heterocycles. The van der Waals surface area contributed by atoms with Crippen LogP contribution in [0.25, 0.3) is 11.5 Å². The second kappa shape index (κ2) is 9.45. The maximum absolute atomic E-state index is 5.56. The largest absolute Gasteiger partial charge is 0.493 e. The fourth-order valence-electron chi connectivity index (χ4n) is 2.67. The Morgan fingerprint density at radius 2 is 1.75 bits per heavy atom. The number of rotatable bonds is 7. The van der Waals surface area contributed by atoms with Gasteiger partial charge in [0.05, 0.1) is 26.5 Å². The Bertz CT molecular complexity index is 922. The Kier molecular flexibility index (Phi) is 6.51. The molecule has 146 valence electrons. The van der Waals surface area contributed by atoms with Crippen LogP contribution in [0.5, 0.6) is 11.5 Å². The zero-order valence-electron chi connectivity index (χ0n) is 16.2. The molecule has 0 fully saturated rings. The molecule has 7 nitrogen and oxygen atoms in total. The molecular formula is C21H24N4O3. The number of aliphatic imine (C=N–C) groups is 1. The molecule has 0 atom stereocenters. The Morgan fingerprint density at radius 3 is 2.46 bits per heavy atom. The number of guanidine groups is 1. The third-order valence-electron chi connectivity index (χ3n) is 4.14. The number of ether oxygens (including phenoxy) is 2. The van der Waals surface area contributed by atoms with E-state index in [2.05, 4.69) is 20.6 Å². The third-order valence-corrected chi connectivity index (χ3v) is 4.14. The van der Waals surface area contributed by atoms with Crippen molar-refractivity contribution in [2.45, 2.75) is 13.1 Å². The number of hydrogen-bond acceptors (Lipinski definition) is 5. The Labute approximate surface area is 164 Å². The molecule has 0 saturated heterocycles. The number of hydrogen-bond donors (Lipinski definition) is 2. The van der Waals surface area contributed by atoms with Crippen LogP contribution in [0.4, 0.5) is 0 Å². The van der Waals surface area contributed by atoms with Crippen LogP contribution in [0.1, 0.15) is 11.3 Å². The molecule has 0 unspecified atom stereocenters. The predicted octanol–water partition coefficient (Wildman–Crippen LogP) is 3.22. The Morgan fingerprint density at radius 1 is 1.00 bits per heavy atom. The highest BCUT2D eigenvalue weighted by Gasteiger charge is 2.08. The highest BCUT2D eigenvalue weighted by atomic mass is 16.5. The summed E-state index contributed by atoms with van der Waals surface area (Å²) < 4.78 is 16.2. The van der Waals surface area contributed by atoms with Crippen LogP contribution in [-0.4, -0.2) is 32.2 Å². The number of methoxy groups -OCH3 is 2. The molecule has 1 heterocycles.